The van der Waals surface area contributed by atoms with Crippen LogP contribution in [0.4, 0.5) is 17.6 Å². The standard InChI is InChI=1S/C14H10F4O/c15-13(14(16,17)18)8-6-11(7-9-13)12(19)10-4-2-1-3-5-10/h1-8H,9H2. The average molecular weight is 270 g/mol. The Morgan fingerprint density at radius 2 is 1.79 bits per heavy atom. The van der Waals surface area contributed by atoms with Crippen LogP contribution in [0.25, 0.3) is 0 Å². The normalized spacial score (nSPS) is 23.1. The Balaban J connectivity index is 2.20. The van der Waals surface area contributed by atoms with Gasteiger partial charge >= 0.3 is 6.18 Å². The molecule has 19 heavy (non-hydrogen) atoms. The van der Waals surface area contributed by atoms with Crippen LogP contribution in [0.3, 0.4) is 0 Å². The van der Waals surface area contributed by atoms with Crippen molar-refractivity contribution in [3.63, 3.8) is 0 Å². The minimum absolute atomic E-state index is 0.0729. The maximum absolute atomic E-state index is 13.6. The smallest absolute Gasteiger partial charge is 0.289 e. The Bertz CT molecular complexity index is 542. The summed E-state index contributed by atoms with van der Waals surface area (Å²) in [6.07, 6.45) is -3.56. The van der Waals surface area contributed by atoms with E-state index in [-0.39, 0.29) is 5.57 Å². The third-order valence-corrected chi connectivity index (χ3v) is 2.92. The highest BCUT2D eigenvalue weighted by Crippen LogP contribution is 2.40. The van der Waals surface area contributed by atoms with Crippen LogP contribution in [0.5, 0.6) is 0 Å². The molecule has 1 aliphatic rings. The van der Waals surface area contributed by atoms with E-state index in [1.807, 2.05) is 0 Å². The zero-order valence-electron chi connectivity index (χ0n) is 9.75. The molecular formula is C14H10F4O. The number of hydrogen-bond acceptors (Lipinski definition) is 1. The number of allylic oxidation sites excluding steroid dienone is 4. The second-order valence-corrected chi connectivity index (χ2v) is 4.25. The van der Waals surface area contributed by atoms with Gasteiger partial charge in [-0.2, -0.15) is 13.2 Å². The van der Waals surface area contributed by atoms with Crippen LogP contribution in [0, 0.1) is 0 Å². The Hall–Kier alpha value is -1.91. The van der Waals surface area contributed by atoms with Gasteiger partial charge in [-0.05, 0) is 6.08 Å². The topological polar surface area (TPSA) is 17.1 Å². The lowest BCUT2D eigenvalue weighted by molar-refractivity contribution is -0.211. The highest BCUT2D eigenvalue weighted by Gasteiger charge is 2.54. The van der Waals surface area contributed by atoms with Crippen molar-refractivity contribution < 1.29 is 22.4 Å². The number of halogens is 4. The van der Waals surface area contributed by atoms with Crippen molar-refractivity contribution in [2.75, 3.05) is 0 Å². The molecule has 1 atom stereocenters. The van der Waals surface area contributed by atoms with Crippen molar-refractivity contribution in [3.8, 4) is 0 Å². The second kappa shape index (κ2) is 4.64. The van der Waals surface area contributed by atoms with Crippen LogP contribution in [-0.2, 0) is 0 Å². The van der Waals surface area contributed by atoms with Gasteiger partial charge in [0.15, 0.2) is 5.78 Å². The molecule has 5 heteroatoms. The van der Waals surface area contributed by atoms with Crippen LogP contribution in [-0.4, -0.2) is 17.6 Å². The Morgan fingerprint density at radius 3 is 2.26 bits per heavy atom. The van der Waals surface area contributed by atoms with Gasteiger partial charge in [0.1, 0.15) is 0 Å². The number of alkyl halides is 4. The Kier molecular flexibility index (Phi) is 3.30. The van der Waals surface area contributed by atoms with Crippen molar-refractivity contribution in [1.29, 1.82) is 0 Å². The van der Waals surface area contributed by atoms with Crippen molar-refractivity contribution in [1.82, 2.24) is 0 Å². The molecule has 0 aliphatic heterocycles. The first-order chi connectivity index (χ1) is 8.83. The van der Waals surface area contributed by atoms with Gasteiger partial charge in [0.25, 0.3) is 0 Å². The molecule has 1 aromatic carbocycles. The molecule has 1 nitrogen and oxygen atoms in total. The lowest BCUT2D eigenvalue weighted by atomic mass is 9.90. The SMILES string of the molecule is O=C(C1=CCC(F)(C(F)(F)F)C=C1)c1ccccc1. The van der Waals surface area contributed by atoms with E-state index in [1.165, 1.54) is 0 Å². The Morgan fingerprint density at radius 1 is 1.16 bits per heavy atom. The number of carbonyl (C=O) groups excluding carboxylic acids is 1. The predicted molar refractivity (Wildman–Crippen MR) is 62.5 cm³/mol. The lowest BCUT2D eigenvalue weighted by Gasteiger charge is -2.26. The summed E-state index contributed by atoms with van der Waals surface area (Å²) in [5, 5.41) is 0. The van der Waals surface area contributed by atoms with E-state index >= 15 is 0 Å². The van der Waals surface area contributed by atoms with Crippen molar-refractivity contribution in [2.24, 2.45) is 0 Å². The van der Waals surface area contributed by atoms with Gasteiger partial charge in [-0.1, -0.05) is 42.5 Å². The van der Waals surface area contributed by atoms with Crippen LogP contribution >= 0.6 is 0 Å². The maximum atomic E-state index is 13.6. The number of rotatable bonds is 2. The molecule has 0 fully saturated rings. The van der Waals surface area contributed by atoms with Crippen LogP contribution in [0.1, 0.15) is 16.8 Å². The molecule has 1 unspecified atom stereocenters. The number of hydrogen-bond donors (Lipinski definition) is 0. The zero-order chi connectivity index (χ0) is 14.1. The van der Waals surface area contributed by atoms with E-state index in [0.29, 0.717) is 11.6 Å². The maximum Gasteiger partial charge on any atom is 0.426 e. The van der Waals surface area contributed by atoms with Crippen molar-refractivity contribution in [3.05, 3.63) is 59.7 Å². The lowest BCUT2D eigenvalue weighted by Crippen LogP contribution is -2.39. The van der Waals surface area contributed by atoms with E-state index in [9.17, 15) is 22.4 Å². The summed E-state index contributed by atoms with van der Waals surface area (Å²) in [6.45, 7) is 0. The van der Waals surface area contributed by atoms with Crippen LogP contribution < -0.4 is 0 Å². The molecule has 0 saturated carbocycles. The van der Waals surface area contributed by atoms with Gasteiger partial charge < -0.3 is 0 Å². The molecule has 100 valence electrons. The van der Waals surface area contributed by atoms with Gasteiger partial charge in [0.05, 0.1) is 0 Å². The number of Topliss-reactive ketones (excluding diaryl/α,β-unsaturated/α-hetero) is 1. The van der Waals surface area contributed by atoms with E-state index in [2.05, 4.69) is 0 Å². The average Bonchev–Trinajstić information content (AvgIpc) is 2.39. The fourth-order valence-corrected chi connectivity index (χ4v) is 1.75. The quantitative estimate of drug-likeness (QED) is 0.586. The van der Waals surface area contributed by atoms with E-state index in [4.69, 9.17) is 0 Å². The van der Waals surface area contributed by atoms with E-state index < -0.39 is 24.0 Å². The first-order valence-corrected chi connectivity index (χ1v) is 5.58. The summed E-state index contributed by atoms with van der Waals surface area (Å²) >= 11 is 0. The fourth-order valence-electron chi connectivity index (χ4n) is 1.75. The van der Waals surface area contributed by atoms with Crippen LogP contribution in [0.15, 0.2) is 54.1 Å². The summed E-state index contributed by atoms with van der Waals surface area (Å²) in [4.78, 5) is 11.9. The highest BCUT2D eigenvalue weighted by atomic mass is 19.4. The van der Waals surface area contributed by atoms with Crippen molar-refractivity contribution in [2.45, 2.75) is 18.3 Å². The van der Waals surface area contributed by atoms with Gasteiger partial charge in [-0.25, -0.2) is 4.39 Å². The molecule has 0 bridgehead atoms. The molecule has 1 aliphatic carbocycles. The third kappa shape index (κ3) is 2.59. The zero-order valence-corrected chi connectivity index (χ0v) is 9.75. The number of ketones is 1. The number of carbonyl (C=O) groups is 1. The first-order valence-electron chi connectivity index (χ1n) is 5.58. The van der Waals surface area contributed by atoms with E-state index in [0.717, 1.165) is 12.2 Å². The molecule has 0 spiro atoms. The van der Waals surface area contributed by atoms with E-state index in [1.54, 1.807) is 30.3 Å². The minimum atomic E-state index is -4.97. The largest absolute Gasteiger partial charge is 0.426 e. The molecule has 0 radical (unpaired) electrons. The summed E-state index contributed by atoms with van der Waals surface area (Å²) in [7, 11) is 0. The Labute approximate surface area is 107 Å². The molecule has 0 aromatic heterocycles. The molecule has 1 aromatic rings. The summed E-state index contributed by atoms with van der Waals surface area (Å²) in [5.74, 6) is -0.416. The van der Waals surface area contributed by atoms with Gasteiger partial charge in [-0.15, -0.1) is 0 Å². The van der Waals surface area contributed by atoms with Crippen LogP contribution in [0.2, 0.25) is 0 Å². The second-order valence-electron chi connectivity index (χ2n) is 4.25. The minimum Gasteiger partial charge on any atom is -0.289 e. The molecule has 0 amide bonds. The first kappa shape index (κ1) is 13.5. The predicted octanol–water partition coefficient (Wildman–Crippen LogP) is 4.03. The monoisotopic (exact) mass is 270 g/mol. The van der Waals surface area contributed by atoms with Gasteiger partial charge in [-0.3, -0.25) is 4.79 Å². The summed E-state index contributed by atoms with van der Waals surface area (Å²) in [6, 6.07) is 8.12. The fraction of sp³-hybridized carbons (Fsp3) is 0.214. The molecule has 0 heterocycles. The summed E-state index contributed by atoms with van der Waals surface area (Å²) < 4.78 is 50.9. The van der Waals surface area contributed by atoms with Gasteiger partial charge in [0.2, 0.25) is 5.67 Å². The number of benzene rings is 1. The van der Waals surface area contributed by atoms with Gasteiger partial charge in [0, 0.05) is 17.6 Å². The summed E-state index contributed by atoms with van der Waals surface area (Å²) in [5.41, 5.74) is -2.95. The highest BCUT2D eigenvalue weighted by molar-refractivity contribution is 6.10. The molecular weight excluding hydrogens is 260 g/mol. The molecule has 0 saturated heterocycles. The molecule has 0 N–H and O–H groups in total. The van der Waals surface area contributed by atoms with Crippen molar-refractivity contribution >= 4 is 5.78 Å². The molecule has 2 rings (SSSR count). The third-order valence-electron chi connectivity index (χ3n) is 2.92.